The summed E-state index contributed by atoms with van der Waals surface area (Å²) in [5.41, 5.74) is 1.77. The Kier molecular flexibility index (Phi) is 14.0. The minimum atomic E-state index is -0.749. The molecule has 14 heavy (non-hydrogen) atoms. The molecule has 0 aliphatic carbocycles. The number of isocyanates is 1. The van der Waals surface area contributed by atoms with E-state index in [2.05, 4.69) is 27.7 Å². The molecule has 0 aliphatic heterocycles. The minimum absolute atomic E-state index is 0.250. The van der Waals surface area contributed by atoms with E-state index >= 15 is 0 Å². The van der Waals surface area contributed by atoms with Crippen LogP contribution in [0.4, 0.5) is 4.79 Å². The summed E-state index contributed by atoms with van der Waals surface area (Å²) in [6.45, 7) is 8.41. The Morgan fingerprint density at radius 3 is 2.43 bits per heavy atom. The van der Waals surface area contributed by atoms with Crippen LogP contribution < -0.4 is 5.43 Å². The van der Waals surface area contributed by atoms with Crippen LogP contribution in [-0.4, -0.2) is 18.8 Å². The van der Waals surface area contributed by atoms with Gasteiger partial charge >= 0.3 is 6.09 Å². The second-order valence-electron chi connectivity index (χ2n) is 1.50. The average molecular weight is 200 g/mol. The molecule has 0 unspecified atom stereocenters. The third kappa shape index (κ3) is 16.5. The van der Waals surface area contributed by atoms with Gasteiger partial charge in [-0.1, -0.05) is 18.3 Å². The number of hydrogen-bond donors (Lipinski definition) is 1. The van der Waals surface area contributed by atoms with E-state index in [4.69, 9.17) is 0 Å². The number of rotatable bonds is 4. The Morgan fingerprint density at radius 2 is 2.14 bits per heavy atom. The maximum atomic E-state index is 10.2. The number of ether oxygens (including phenoxy) is 2. The van der Waals surface area contributed by atoms with Crippen molar-refractivity contribution in [1.82, 2.24) is 5.43 Å². The largest absolute Gasteiger partial charge is 0.474 e. The van der Waals surface area contributed by atoms with Crippen LogP contribution in [-0.2, 0) is 14.3 Å². The molecule has 6 heteroatoms. The summed E-state index contributed by atoms with van der Waals surface area (Å²) in [6.07, 6.45) is 3.00. The zero-order valence-electron chi connectivity index (χ0n) is 7.86. The number of carbonyl (C=O) groups is 1. The van der Waals surface area contributed by atoms with Gasteiger partial charge in [-0.15, -0.1) is 0 Å². The first kappa shape index (κ1) is 14.5. The van der Waals surface area contributed by atoms with Crippen molar-refractivity contribution in [3.8, 4) is 0 Å². The van der Waals surface area contributed by atoms with Gasteiger partial charge in [0.1, 0.15) is 0 Å². The van der Waals surface area contributed by atoms with E-state index in [-0.39, 0.29) is 6.61 Å². The maximum Gasteiger partial charge on any atom is 0.428 e. The van der Waals surface area contributed by atoms with Crippen LogP contribution in [0.2, 0.25) is 0 Å². The van der Waals surface area contributed by atoms with E-state index in [1.807, 2.05) is 0 Å². The van der Waals surface area contributed by atoms with Crippen LogP contribution >= 0.6 is 0 Å². The van der Waals surface area contributed by atoms with Crippen molar-refractivity contribution in [2.45, 2.75) is 6.92 Å². The van der Waals surface area contributed by atoms with Gasteiger partial charge in [0.25, 0.3) is 6.08 Å². The second-order valence-corrected chi connectivity index (χ2v) is 1.50. The molecule has 0 atom stereocenters. The van der Waals surface area contributed by atoms with Gasteiger partial charge in [0.15, 0.2) is 0 Å². The molecule has 0 aromatic carbocycles. The van der Waals surface area contributed by atoms with Gasteiger partial charge in [-0.25, -0.2) is 15.0 Å². The molecule has 0 rings (SSSR count). The predicted octanol–water partition coefficient (Wildman–Crippen LogP) is 1.27. The Balaban J connectivity index is 0. The van der Waals surface area contributed by atoms with Gasteiger partial charge in [-0.05, 0) is 6.92 Å². The van der Waals surface area contributed by atoms with E-state index < -0.39 is 6.09 Å². The number of nitrogens with one attached hydrogen (secondary N) is 1. The van der Waals surface area contributed by atoms with Crippen LogP contribution in [0.1, 0.15) is 6.92 Å². The minimum Gasteiger partial charge on any atom is -0.474 e. The van der Waals surface area contributed by atoms with Gasteiger partial charge in [0.2, 0.25) is 0 Å². The highest BCUT2D eigenvalue weighted by molar-refractivity contribution is 5.67. The summed E-state index contributed by atoms with van der Waals surface area (Å²) in [4.78, 5) is 19.5. The monoisotopic (exact) mass is 200 g/mol. The van der Waals surface area contributed by atoms with Gasteiger partial charge in [0, 0.05) is 0 Å². The SMILES string of the molecule is C=COC=C.CCOC(=O)NN=C=O. The highest BCUT2D eigenvalue weighted by atomic mass is 16.5. The zero-order chi connectivity index (χ0) is 11.2. The second kappa shape index (κ2) is 13.5. The molecule has 0 saturated heterocycles. The normalized spacial score (nSPS) is 6.64. The van der Waals surface area contributed by atoms with Crippen LogP contribution in [0.5, 0.6) is 0 Å². The molecule has 1 amide bonds. The lowest BCUT2D eigenvalue weighted by atomic mass is 10.9. The molecule has 0 radical (unpaired) electrons. The number of amides is 1. The molecular weight excluding hydrogens is 188 g/mol. The lowest BCUT2D eigenvalue weighted by molar-refractivity contribution is 0.152. The van der Waals surface area contributed by atoms with Gasteiger partial charge in [-0.3, -0.25) is 0 Å². The van der Waals surface area contributed by atoms with Crippen molar-refractivity contribution in [3.63, 3.8) is 0 Å². The molecule has 1 N–H and O–H groups in total. The van der Waals surface area contributed by atoms with Crippen molar-refractivity contribution in [3.05, 3.63) is 25.7 Å². The van der Waals surface area contributed by atoms with Crippen LogP contribution in [0.3, 0.4) is 0 Å². The van der Waals surface area contributed by atoms with Crippen LogP contribution in [0, 0.1) is 0 Å². The molecule has 0 bridgehead atoms. The van der Waals surface area contributed by atoms with Gasteiger partial charge in [0.05, 0.1) is 19.1 Å². The molecule has 78 valence electrons. The molecule has 0 fully saturated rings. The first-order chi connectivity index (χ1) is 6.72. The maximum absolute atomic E-state index is 10.2. The standard InChI is InChI=1S/C4H6N2O3.C4H6O/c1-2-9-4(8)6-5-3-7;1-3-5-4-2/h2H2,1H3,(H,6,8);3-4H,1-2H2. The van der Waals surface area contributed by atoms with E-state index in [0.717, 1.165) is 6.08 Å². The first-order valence-corrected chi connectivity index (χ1v) is 3.59. The molecule has 0 spiro atoms. The zero-order valence-corrected chi connectivity index (χ0v) is 7.86. The molecular formula is C8H12N2O4. The molecule has 0 aliphatic rings. The Morgan fingerprint density at radius 1 is 1.57 bits per heavy atom. The average Bonchev–Trinajstić information content (AvgIpc) is 2.17. The van der Waals surface area contributed by atoms with E-state index in [9.17, 15) is 9.59 Å². The smallest absolute Gasteiger partial charge is 0.428 e. The van der Waals surface area contributed by atoms with Crippen LogP contribution in [0.25, 0.3) is 0 Å². The Bertz CT molecular complexity index is 215. The lowest BCUT2D eigenvalue weighted by Crippen LogP contribution is -2.17. The molecule has 6 nitrogen and oxygen atoms in total. The summed E-state index contributed by atoms with van der Waals surface area (Å²) < 4.78 is 8.68. The fourth-order valence-electron chi connectivity index (χ4n) is 0.300. The van der Waals surface area contributed by atoms with Crippen molar-refractivity contribution in [1.29, 1.82) is 0 Å². The quantitative estimate of drug-likeness (QED) is 0.321. The fraction of sp³-hybridized carbons (Fsp3) is 0.250. The number of carbonyl (C=O) groups excluding carboxylic acids is 2. The Labute approximate surface area is 81.9 Å². The summed E-state index contributed by atoms with van der Waals surface area (Å²) in [5.74, 6) is 0. The molecule has 0 saturated carbocycles. The number of hydrogen-bond acceptors (Lipinski definition) is 5. The van der Waals surface area contributed by atoms with Crippen molar-refractivity contribution in [2.75, 3.05) is 6.61 Å². The third-order valence-electron chi connectivity index (χ3n) is 0.661. The topological polar surface area (TPSA) is 77.0 Å². The highest BCUT2D eigenvalue weighted by Gasteiger charge is 1.93. The van der Waals surface area contributed by atoms with Crippen LogP contribution in [0.15, 0.2) is 30.8 Å². The summed E-state index contributed by atoms with van der Waals surface area (Å²) in [7, 11) is 0. The predicted molar refractivity (Wildman–Crippen MR) is 49.8 cm³/mol. The summed E-state index contributed by atoms with van der Waals surface area (Å²) in [6, 6.07) is 0. The molecule has 0 heterocycles. The third-order valence-corrected chi connectivity index (χ3v) is 0.661. The first-order valence-electron chi connectivity index (χ1n) is 3.59. The van der Waals surface area contributed by atoms with Gasteiger partial charge < -0.3 is 9.47 Å². The summed E-state index contributed by atoms with van der Waals surface area (Å²) >= 11 is 0. The van der Waals surface area contributed by atoms with Crippen molar-refractivity contribution >= 4 is 12.2 Å². The Hall–Kier alpha value is -2.07. The molecule has 0 aromatic heterocycles. The van der Waals surface area contributed by atoms with Crippen molar-refractivity contribution < 1.29 is 19.1 Å². The van der Waals surface area contributed by atoms with Crippen molar-refractivity contribution in [2.24, 2.45) is 5.10 Å². The van der Waals surface area contributed by atoms with E-state index in [0.29, 0.717) is 0 Å². The fourth-order valence-corrected chi connectivity index (χ4v) is 0.300. The summed E-state index contributed by atoms with van der Waals surface area (Å²) in [5, 5.41) is 2.76. The molecule has 0 aromatic rings. The highest BCUT2D eigenvalue weighted by Crippen LogP contribution is 1.73. The van der Waals surface area contributed by atoms with E-state index in [1.54, 1.807) is 12.3 Å². The van der Waals surface area contributed by atoms with Gasteiger partial charge in [-0.2, -0.15) is 0 Å². The van der Waals surface area contributed by atoms with E-state index in [1.165, 1.54) is 12.5 Å². The number of hydrazone groups is 1. The lowest BCUT2D eigenvalue weighted by Gasteiger charge is -1.95. The number of nitrogens with zero attached hydrogens (tertiary/aromatic N) is 1.